The molecular formula is C18H34N4O6S2. The number of hydrogen-bond donors (Lipinski definition) is 8. The fraction of sp³-hybridized carbons (Fsp3) is 0.778. The molecule has 5 atom stereocenters. The summed E-state index contributed by atoms with van der Waals surface area (Å²) in [5.74, 6) is -2.66. The number of carboxylic acid groups (broad SMARTS) is 1. The summed E-state index contributed by atoms with van der Waals surface area (Å²) in [4.78, 5) is 48.7. The average molecular weight is 467 g/mol. The molecule has 0 unspecified atom stereocenters. The van der Waals surface area contributed by atoms with Gasteiger partial charge in [-0.05, 0) is 43.6 Å². The lowest BCUT2D eigenvalue weighted by Gasteiger charge is -2.27. The Hall–Kier alpha value is -1.50. The fourth-order valence-electron chi connectivity index (χ4n) is 2.56. The van der Waals surface area contributed by atoms with Crippen molar-refractivity contribution in [3.63, 3.8) is 0 Å². The molecule has 174 valence electrons. The van der Waals surface area contributed by atoms with Gasteiger partial charge in [-0.3, -0.25) is 14.4 Å². The van der Waals surface area contributed by atoms with E-state index in [0.717, 1.165) is 0 Å². The highest BCUT2D eigenvalue weighted by Gasteiger charge is 2.32. The van der Waals surface area contributed by atoms with E-state index in [0.29, 0.717) is 12.2 Å². The normalized spacial score (nSPS) is 16.1. The molecule has 0 aliphatic carbocycles. The van der Waals surface area contributed by atoms with Gasteiger partial charge in [0.05, 0.1) is 12.1 Å². The topological polar surface area (TPSA) is 171 Å². The van der Waals surface area contributed by atoms with E-state index in [1.54, 1.807) is 0 Å². The number of hydrogen-bond acceptors (Lipinski definition) is 8. The Morgan fingerprint density at radius 2 is 1.40 bits per heavy atom. The van der Waals surface area contributed by atoms with Crippen LogP contribution in [0.15, 0.2) is 0 Å². The summed E-state index contributed by atoms with van der Waals surface area (Å²) in [5, 5.41) is 26.4. The molecular weight excluding hydrogens is 432 g/mol. The molecule has 12 heteroatoms. The van der Waals surface area contributed by atoms with Gasteiger partial charge in [0.15, 0.2) is 0 Å². The van der Waals surface area contributed by atoms with Gasteiger partial charge in [0, 0.05) is 0 Å². The predicted octanol–water partition coefficient (Wildman–Crippen LogP) is -1.08. The molecule has 0 aromatic rings. The largest absolute Gasteiger partial charge is 0.480 e. The Morgan fingerprint density at radius 1 is 0.867 bits per heavy atom. The van der Waals surface area contributed by atoms with Crippen LogP contribution >= 0.6 is 25.3 Å². The molecule has 0 aliphatic heterocycles. The molecule has 0 radical (unpaired) electrons. The summed E-state index contributed by atoms with van der Waals surface area (Å²) >= 11 is 7.99. The van der Waals surface area contributed by atoms with E-state index in [9.17, 15) is 29.4 Å². The molecule has 30 heavy (non-hydrogen) atoms. The minimum Gasteiger partial charge on any atom is -0.480 e. The maximum Gasteiger partial charge on any atom is 0.326 e. The van der Waals surface area contributed by atoms with Crippen LogP contribution in [-0.4, -0.2) is 75.7 Å². The zero-order valence-electron chi connectivity index (χ0n) is 17.5. The first-order chi connectivity index (χ1) is 13.9. The first-order valence-electron chi connectivity index (χ1n) is 9.73. The standard InChI is InChI=1S/C18H34N4O6S2/c1-9(2)8-13(21-15(24)11(19)4-6-29)16(25)22-14(10(3)23)17(26)20-12(5-7-30)18(27)28/h9-14,23,29-30H,4-8,19H2,1-3H3,(H,20,26)(H,21,24)(H,22,25)(H,27,28)/t10-,11+,12+,13+,14+/m1/s1. The molecule has 7 N–H and O–H groups in total. The Morgan fingerprint density at radius 3 is 1.83 bits per heavy atom. The third-order valence-electron chi connectivity index (χ3n) is 4.21. The molecule has 0 spiro atoms. The van der Waals surface area contributed by atoms with Crippen molar-refractivity contribution in [2.24, 2.45) is 11.7 Å². The molecule has 10 nitrogen and oxygen atoms in total. The minimum absolute atomic E-state index is 0.0350. The van der Waals surface area contributed by atoms with Gasteiger partial charge in [0.25, 0.3) is 0 Å². The van der Waals surface area contributed by atoms with Crippen LogP contribution in [0, 0.1) is 5.92 Å². The van der Waals surface area contributed by atoms with E-state index in [4.69, 9.17) is 5.73 Å². The molecule has 0 aromatic carbocycles. The number of nitrogens with two attached hydrogens (primary N) is 1. The fourth-order valence-corrected chi connectivity index (χ4v) is 3.10. The van der Waals surface area contributed by atoms with Crippen LogP contribution < -0.4 is 21.7 Å². The second-order valence-corrected chi connectivity index (χ2v) is 8.34. The Balaban J connectivity index is 5.33. The highest BCUT2D eigenvalue weighted by Crippen LogP contribution is 2.07. The Kier molecular flexibility index (Phi) is 13.8. The molecule has 0 rings (SSSR count). The summed E-state index contributed by atoms with van der Waals surface area (Å²) in [6.45, 7) is 5.00. The van der Waals surface area contributed by atoms with Crippen LogP contribution in [0.1, 0.15) is 40.0 Å². The molecule has 0 fully saturated rings. The maximum absolute atomic E-state index is 12.8. The van der Waals surface area contributed by atoms with Crippen molar-refractivity contribution in [2.75, 3.05) is 11.5 Å². The summed E-state index contributed by atoms with van der Waals surface area (Å²) in [6, 6.07) is -4.43. The molecule has 0 saturated heterocycles. The van der Waals surface area contributed by atoms with E-state index < -0.39 is 54.0 Å². The highest BCUT2D eigenvalue weighted by atomic mass is 32.1. The molecule has 0 aliphatic rings. The monoisotopic (exact) mass is 466 g/mol. The van der Waals surface area contributed by atoms with Crippen LogP contribution in [0.2, 0.25) is 0 Å². The number of aliphatic carboxylic acids is 1. The Labute approximate surface area is 187 Å². The minimum atomic E-state index is -1.41. The van der Waals surface area contributed by atoms with Gasteiger partial charge in [-0.2, -0.15) is 25.3 Å². The number of amides is 3. The summed E-state index contributed by atoms with van der Waals surface area (Å²) < 4.78 is 0. The van der Waals surface area contributed by atoms with Gasteiger partial charge >= 0.3 is 5.97 Å². The third kappa shape index (κ3) is 10.5. The van der Waals surface area contributed by atoms with E-state index >= 15 is 0 Å². The first kappa shape index (κ1) is 28.5. The molecule has 0 saturated carbocycles. The highest BCUT2D eigenvalue weighted by molar-refractivity contribution is 7.80. The Bertz CT molecular complexity index is 591. The number of aliphatic hydroxyl groups is 1. The lowest BCUT2D eigenvalue weighted by atomic mass is 10.0. The zero-order chi connectivity index (χ0) is 23.4. The molecule has 0 aromatic heterocycles. The van der Waals surface area contributed by atoms with Gasteiger partial charge in [-0.15, -0.1) is 0 Å². The summed E-state index contributed by atoms with van der Waals surface area (Å²) in [7, 11) is 0. The number of carboxylic acids is 1. The van der Waals surface area contributed by atoms with Crippen molar-refractivity contribution >= 4 is 48.9 Å². The number of thiol groups is 2. The zero-order valence-corrected chi connectivity index (χ0v) is 19.3. The number of carbonyl (C=O) groups excluding carboxylic acids is 3. The van der Waals surface area contributed by atoms with Gasteiger partial charge in [-0.1, -0.05) is 13.8 Å². The number of rotatable bonds is 14. The number of aliphatic hydroxyl groups excluding tert-OH is 1. The van der Waals surface area contributed by atoms with E-state index in [1.165, 1.54) is 6.92 Å². The smallest absolute Gasteiger partial charge is 0.326 e. The molecule has 0 bridgehead atoms. The predicted molar refractivity (Wildman–Crippen MR) is 119 cm³/mol. The van der Waals surface area contributed by atoms with Crippen molar-refractivity contribution in [3.05, 3.63) is 0 Å². The van der Waals surface area contributed by atoms with Crippen LogP contribution in [0.5, 0.6) is 0 Å². The second kappa shape index (κ2) is 14.5. The SMILES string of the molecule is CC(C)C[C@H](NC(=O)[C@@H](N)CCS)C(=O)N[C@H](C(=O)N[C@@H](CCS)C(=O)O)[C@@H](C)O. The third-order valence-corrected chi connectivity index (χ3v) is 4.73. The first-order valence-corrected chi connectivity index (χ1v) is 11.0. The lowest BCUT2D eigenvalue weighted by molar-refractivity contribution is -0.143. The van der Waals surface area contributed by atoms with Crippen molar-refractivity contribution < 1.29 is 29.4 Å². The average Bonchev–Trinajstić information content (AvgIpc) is 2.64. The summed E-state index contributed by atoms with van der Waals surface area (Å²) in [5.41, 5.74) is 5.76. The van der Waals surface area contributed by atoms with Crippen molar-refractivity contribution in [2.45, 2.75) is 70.3 Å². The molecule has 3 amide bonds. The van der Waals surface area contributed by atoms with Gasteiger partial charge in [-0.25, -0.2) is 4.79 Å². The quantitative estimate of drug-likeness (QED) is 0.150. The van der Waals surface area contributed by atoms with Gasteiger partial charge < -0.3 is 31.9 Å². The van der Waals surface area contributed by atoms with Crippen LogP contribution in [0.4, 0.5) is 0 Å². The van der Waals surface area contributed by atoms with Crippen molar-refractivity contribution in [3.8, 4) is 0 Å². The number of nitrogens with one attached hydrogen (secondary N) is 3. The van der Waals surface area contributed by atoms with E-state index in [1.807, 2.05) is 13.8 Å². The van der Waals surface area contributed by atoms with Crippen LogP contribution in [0.25, 0.3) is 0 Å². The maximum atomic E-state index is 12.8. The van der Waals surface area contributed by atoms with Gasteiger partial charge in [0.1, 0.15) is 18.1 Å². The lowest BCUT2D eigenvalue weighted by Crippen LogP contribution is -2.60. The van der Waals surface area contributed by atoms with Crippen LogP contribution in [0.3, 0.4) is 0 Å². The van der Waals surface area contributed by atoms with Crippen molar-refractivity contribution in [1.29, 1.82) is 0 Å². The second-order valence-electron chi connectivity index (χ2n) is 7.45. The number of carbonyl (C=O) groups is 4. The van der Waals surface area contributed by atoms with Crippen molar-refractivity contribution in [1.82, 2.24) is 16.0 Å². The molecule has 0 heterocycles. The van der Waals surface area contributed by atoms with E-state index in [-0.39, 0.29) is 24.5 Å². The van der Waals surface area contributed by atoms with Crippen LogP contribution in [-0.2, 0) is 19.2 Å². The van der Waals surface area contributed by atoms with Gasteiger partial charge in [0.2, 0.25) is 17.7 Å². The van der Waals surface area contributed by atoms with E-state index in [2.05, 4.69) is 41.2 Å². The summed E-state index contributed by atoms with van der Waals surface area (Å²) in [6.07, 6.45) is -0.636.